The van der Waals surface area contributed by atoms with E-state index in [1.807, 2.05) is 6.07 Å². The molecule has 0 saturated carbocycles. The van der Waals surface area contributed by atoms with Crippen molar-refractivity contribution in [3.8, 4) is 28.5 Å². The summed E-state index contributed by atoms with van der Waals surface area (Å²) in [6, 6.07) is 13.5. The fourth-order valence-corrected chi connectivity index (χ4v) is 15.2. The summed E-state index contributed by atoms with van der Waals surface area (Å²) in [6.45, 7) is 14.2. The van der Waals surface area contributed by atoms with Gasteiger partial charge in [0.2, 0.25) is 0 Å². The van der Waals surface area contributed by atoms with E-state index in [-0.39, 0.29) is 30.9 Å². The van der Waals surface area contributed by atoms with E-state index in [0.29, 0.717) is 48.3 Å². The molecule has 4 aromatic heterocycles. The Morgan fingerprint density at radius 3 is 1.66 bits per heavy atom. The topological polar surface area (TPSA) is 204 Å². The minimum absolute atomic E-state index is 0. The molecule has 0 bridgehead atoms. The molecular formula is C38H39F3N8O6RuSSi2. The number of halogens is 3. The maximum absolute atomic E-state index is 12.5. The van der Waals surface area contributed by atoms with E-state index in [1.54, 1.807) is 67.0 Å². The Morgan fingerprint density at radius 1 is 0.797 bits per heavy atom. The van der Waals surface area contributed by atoms with Crippen LogP contribution in [-0.2, 0) is 43.3 Å². The van der Waals surface area contributed by atoms with Crippen molar-refractivity contribution in [2.24, 2.45) is 0 Å². The van der Waals surface area contributed by atoms with Gasteiger partial charge in [-0.25, -0.2) is 4.98 Å². The van der Waals surface area contributed by atoms with Crippen LogP contribution in [0.1, 0.15) is 16.8 Å². The number of carbonyl (C=O) groups is 3. The van der Waals surface area contributed by atoms with Gasteiger partial charge in [-0.05, 0) is 65.8 Å². The van der Waals surface area contributed by atoms with Gasteiger partial charge in [0, 0.05) is 42.1 Å². The fourth-order valence-electron chi connectivity index (χ4n) is 5.36. The summed E-state index contributed by atoms with van der Waals surface area (Å²) < 4.78 is 54.0. The maximum atomic E-state index is 12.5. The first-order valence-electron chi connectivity index (χ1n) is 16.7. The van der Waals surface area contributed by atoms with Crippen LogP contribution in [0, 0.1) is 5.41 Å². The molecule has 0 atom stereocenters. The monoisotopic (exact) mass is 950 g/mol. The number of rotatable bonds is 15. The Kier molecular flexibility index (Phi) is 20.9. The molecule has 0 aliphatic carbocycles. The molecule has 2 N–H and O–H groups in total. The van der Waals surface area contributed by atoms with Crippen molar-refractivity contribution in [1.82, 2.24) is 19.9 Å². The summed E-state index contributed by atoms with van der Waals surface area (Å²) in [4.78, 5) is 48.7. The third-order valence-corrected chi connectivity index (χ3v) is 14.3. The summed E-state index contributed by atoms with van der Waals surface area (Å²) >= 11 is 3.70. The molecule has 4 rings (SSSR count). The molecule has 0 unspecified atom stereocenters. The second kappa shape index (κ2) is 24.2. The first-order valence-corrected chi connectivity index (χ1v) is 24.0. The van der Waals surface area contributed by atoms with Crippen LogP contribution < -0.4 is 8.97 Å². The van der Waals surface area contributed by atoms with Crippen molar-refractivity contribution in [2.45, 2.75) is 45.5 Å². The van der Waals surface area contributed by atoms with Crippen molar-refractivity contribution in [1.29, 1.82) is 5.41 Å². The fraction of sp³-hybridized carbons (Fsp3) is 0.184. The van der Waals surface area contributed by atoms with Gasteiger partial charge < -0.3 is 29.6 Å². The summed E-state index contributed by atoms with van der Waals surface area (Å²) in [7, 11) is -3.44. The van der Waals surface area contributed by atoms with Crippen LogP contribution in [-0.4, -0.2) is 72.9 Å². The van der Waals surface area contributed by atoms with E-state index < -0.39 is 34.1 Å². The van der Waals surface area contributed by atoms with Gasteiger partial charge in [-0.15, -0.1) is 5.70 Å². The summed E-state index contributed by atoms with van der Waals surface area (Å²) in [5.41, 5.74) is 10.2. The molecule has 0 aliphatic heterocycles. The molecule has 14 nitrogen and oxygen atoms in total. The summed E-state index contributed by atoms with van der Waals surface area (Å²) in [5, 5.41) is 15.5. The molecular weight excluding hydrogens is 911 g/mol. The van der Waals surface area contributed by atoms with Crippen LogP contribution in [0.25, 0.3) is 51.8 Å². The zero-order chi connectivity index (χ0) is 43.5. The third kappa shape index (κ3) is 17.3. The normalized spacial score (nSPS) is 11.4. The Bertz CT molecular complexity index is 2100. The van der Waals surface area contributed by atoms with E-state index in [9.17, 15) is 27.6 Å². The number of carbonyl (C=O) groups excluding carboxylic acids is 3. The molecule has 59 heavy (non-hydrogen) atoms. The van der Waals surface area contributed by atoms with Gasteiger partial charge in [-0.2, -0.15) is 18.3 Å². The number of pyridine rings is 4. The molecule has 21 heteroatoms. The summed E-state index contributed by atoms with van der Waals surface area (Å²) in [6.07, 6.45) is 6.06. The molecule has 0 radical (unpaired) electrons. The minimum Gasteiger partial charge on any atom is -0.753 e. The van der Waals surface area contributed by atoms with Crippen molar-refractivity contribution in [2.75, 3.05) is 4.23 Å². The average molecular weight is 950 g/mol. The van der Waals surface area contributed by atoms with Gasteiger partial charge in [0.25, 0.3) is 19.4 Å². The van der Waals surface area contributed by atoms with Gasteiger partial charge in [0.15, 0.2) is 0 Å². The number of aromatic nitrogens is 4. The molecule has 0 fully saturated rings. The van der Waals surface area contributed by atoms with Gasteiger partial charge in [-0.1, -0.05) is 51.5 Å². The Hall–Kier alpha value is -5.85. The zero-order valence-corrected chi connectivity index (χ0v) is 37.1. The Balaban J connectivity index is 0.000000560. The van der Waals surface area contributed by atoms with Crippen LogP contribution in [0.2, 0.25) is 39.3 Å². The number of alkyl halides is 3. The molecule has 0 spiro atoms. The van der Waals surface area contributed by atoms with Crippen LogP contribution in [0.15, 0.2) is 85.7 Å². The van der Waals surface area contributed by atoms with Crippen LogP contribution in [0.5, 0.6) is 5.75 Å². The standard InChI is InChI=1S/C22H15N3O6.C15H24F3N4Si2.CNS.Ru/c26-13-29-7-3-16-1-5-23-19(9-16)21-11-18(31-15-28)12-22(25-21)20-10-17(2-6-24-20)4-8-30-14-27;1-23(2,3)22(24(4,5)6)11-7-8-21-13(9-11)12(19)10-14(20)15(16,17)18;2-1-3;/h1-15H;7-10,19-20H,1-6H3;;/q;2*-1;+2/b7-3+,8-4+;12-10-,20-14?;;. The molecule has 310 valence electrons. The van der Waals surface area contributed by atoms with Gasteiger partial charge in [-0.3, -0.25) is 34.7 Å². The van der Waals surface area contributed by atoms with E-state index >= 15 is 0 Å². The van der Waals surface area contributed by atoms with Gasteiger partial charge in [0.1, 0.15) is 27.9 Å². The van der Waals surface area contributed by atoms with E-state index in [1.165, 1.54) is 23.9 Å². The van der Waals surface area contributed by atoms with E-state index in [4.69, 9.17) is 21.3 Å². The number of hydrogen-bond acceptors (Lipinski definition) is 13. The van der Waals surface area contributed by atoms with E-state index in [0.717, 1.165) is 16.8 Å². The second-order valence-corrected chi connectivity index (χ2v) is 23.7. The first-order chi connectivity index (χ1) is 27.3. The van der Waals surface area contributed by atoms with Crippen molar-refractivity contribution in [3.05, 3.63) is 114 Å². The number of anilines is 1. The largest absolute Gasteiger partial charge is 2.00 e. The molecule has 0 saturated heterocycles. The molecule has 4 aromatic rings. The SMILES string of the molecule is C[Si](C)(C)N(c1ccnc(/C([NH-])=C/C(=N)C(F)(F)F)c1)[Si](C)(C)C.O=CO/C=C/c1ccnc(-c2cc(OC=O)cc(-c3cc(/C=C/OC=O)ccn3)n2)c1.[N-]=C=S.[Ru+2]. The third-order valence-electron chi connectivity index (χ3n) is 7.08. The van der Waals surface area contributed by atoms with Crippen molar-refractivity contribution in [3.63, 3.8) is 0 Å². The van der Waals surface area contributed by atoms with Gasteiger partial charge in [0.05, 0.1) is 35.3 Å². The Morgan fingerprint density at radius 2 is 1.25 bits per heavy atom. The average Bonchev–Trinajstić information content (AvgIpc) is 3.14. The van der Waals surface area contributed by atoms with Gasteiger partial charge >= 0.3 is 25.7 Å². The summed E-state index contributed by atoms with van der Waals surface area (Å²) in [5.74, 6) is 0.258. The zero-order valence-electron chi connectivity index (χ0n) is 32.5. The second-order valence-electron chi connectivity index (χ2n) is 13.4. The quantitative estimate of drug-likeness (QED) is 0.0390. The maximum Gasteiger partial charge on any atom is 2.00 e. The number of nitrogens with zero attached hydrogens (tertiary/aromatic N) is 6. The van der Waals surface area contributed by atoms with Crippen LogP contribution in [0.4, 0.5) is 18.9 Å². The van der Waals surface area contributed by atoms with Crippen molar-refractivity contribution < 1.29 is 61.2 Å². The van der Waals surface area contributed by atoms with Crippen molar-refractivity contribution >= 4 is 82.5 Å². The molecule has 0 aromatic carbocycles. The van der Waals surface area contributed by atoms with Crippen LogP contribution in [0.3, 0.4) is 0 Å². The van der Waals surface area contributed by atoms with Crippen LogP contribution >= 0.6 is 12.2 Å². The number of hydrogen-bond donors (Lipinski definition) is 1. The number of nitrogens with one attached hydrogen (secondary N) is 2. The predicted octanol–water partition coefficient (Wildman–Crippen LogP) is 9.22. The Labute approximate surface area is 359 Å². The first kappa shape index (κ1) is 51.2. The number of allylic oxidation sites excluding steroid dienone is 1. The molecule has 0 amide bonds. The minimum atomic E-state index is -4.76. The predicted molar refractivity (Wildman–Crippen MR) is 225 cm³/mol. The molecule has 0 aliphatic rings. The number of thiocarbonyl (C=S) groups is 1. The molecule has 4 heterocycles. The number of ether oxygens (including phenoxy) is 3. The number of isothiocyanates is 1. The smallest absolute Gasteiger partial charge is 0.753 e. The van der Waals surface area contributed by atoms with E-state index in [2.05, 4.69) is 85.1 Å².